The zero-order valence-electron chi connectivity index (χ0n) is 47.5. The van der Waals surface area contributed by atoms with Gasteiger partial charge in [0, 0.05) is 12.8 Å². The van der Waals surface area contributed by atoms with E-state index in [0.717, 1.165) is 83.5 Å². The van der Waals surface area contributed by atoms with Crippen LogP contribution in [0.25, 0.3) is 0 Å². The van der Waals surface area contributed by atoms with Crippen molar-refractivity contribution in [3.63, 3.8) is 0 Å². The van der Waals surface area contributed by atoms with Crippen LogP contribution in [-0.4, -0.2) is 100 Å². The summed E-state index contributed by atoms with van der Waals surface area (Å²) in [5.41, 5.74) is 0. The third-order valence-electron chi connectivity index (χ3n) is 13.8. The van der Waals surface area contributed by atoms with Crippen LogP contribution in [0.15, 0.2) is 85.1 Å². The van der Waals surface area contributed by atoms with Gasteiger partial charge in [-0.15, -0.1) is 0 Å². The largest absolute Gasteiger partial charge is 0.465 e. The lowest BCUT2D eigenvalue weighted by molar-refractivity contribution is -0.302. The SMILES string of the molecule is C/C=C/CC/C=C/CC/C=C/C(O)C(COC1OC(CO)C(O)C(O)C1O)NC(=O)CCCCCCCCCCCCCCCC/C=C\C/C=C\CCOC(=O)CCCCCCCCC/C=C\C/C=C\CCCCC. The molecule has 0 aliphatic carbocycles. The number of aliphatic hydroxyl groups excluding tert-OH is 5. The van der Waals surface area contributed by atoms with Gasteiger partial charge in [-0.2, -0.15) is 0 Å². The van der Waals surface area contributed by atoms with E-state index in [1.54, 1.807) is 6.08 Å². The highest BCUT2D eigenvalue weighted by atomic mass is 16.7. The normalized spacial score (nSPS) is 19.4. The third kappa shape index (κ3) is 42.5. The van der Waals surface area contributed by atoms with Crippen LogP contribution in [0.2, 0.25) is 0 Å². The predicted molar refractivity (Wildman–Crippen MR) is 310 cm³/mol. The number of rotatable bonds is 51. The first-order valence-electron chi connectivity index (χ1n) is 30.3. The van der Waals surface area contributed by atoms with Gasteiger partial charge in [0.2, 0.25) is 5.91 Å². The first-order valence-corrected chi connectivity index (χ1v) is 30.3. The van der Waals surface area contributed by atoms with Crippen LogP contribution in [-0.2, 0) is 23.8 Å². The quantitative estimate of drug-likeness (QED) is 0.0195. The molecule has 1 aliphatic heterocycles. The van der Waals surface area contributed by atoms with Gasteiger partial charge in [0.15, 0.2) is 6.29 Å². The maximum atomic E-state index is 13.0. The fourth-order valence-electron chi connectivity index (χ4n) is 8.99. The summed E-state index contributed by atoms with van der Waals surface area (Å²) in [6.07, 6.45) is 61.6. The fraction of sp³-hybridized carbons (Fsp3) is 0.750. The summed E-state index contributed by atoms with van der Waals surface area (Å²) < 4.78 is 16.6. The van der Waals surface area contributed by atoms with E-state index in [2.05, 4.69) is 79.1 Å². The van der Waals surface area contributed by atoms with Crippen molar-refractivity contribution < 1.29 is 49.3 Å². The second kappa shape index (κ2) is 52.9. The number of hydrogen-bond donors (Lipinski definition) is 6. The highest BCUT2D eigenvalue weighted by Crippen LogP contribution is 2.23. The van der Waals surface area contributed by atoms with Crippen LogP contribution in [0.1, 0.15) is 245 Å². The van der Waals surface area contributed by atoms with Crippen LogP contribution in [0, 0.1) is 0 Å². The van der Waals surface area contributed by atoms with E-state index in [1.165, 1.54) is 128 Å². The minimum absolute atomic E-state index is 0.0584. The number of unbranched alkanes of at least 4 members (excludes halogenated alkanes) is 26. The van der Waals surface area contributed by atoms with Crippen LogP contribution >= 0.6 is 0 Å². The number of nitrogens with one attached hydrogen (secondary N) is 1. The molecular weight excluding hydrogens is 943 g/mol. The summed E-state index contributed by atoms with van der Waals surface area (Å²) in [5, 5.41) is 54.1. The maximum absolute atomic E-state index is 13.0. The Hall–Kier alpha value is -3.16. The van der Waals surface area contributed by atoms with E-state index in [1.807, 2.05) is 19.1 Å². The smallest absolute Gasteiger partial charge is 0.305 e. The lowest BCUT2D eigenvalue weighted by atomic mass is 9.99. The van der Waals surface area contributed by atoms with Gasteiger partial charge < -0.3 is 45.1 Å². The number of amides is 1. The number of aliphatic hydroxyl groups is 5. The standard InChI is InChI=1S/C64H111NO10/c1-3-5-7-9-11-13-14-15-16-22-26-29-32-36-40-44-48-52-60(69)73-53-49-45-41-37-33-30-27-24-21-19-17-18-20-23-25-28-31-35-39-43-47-51-59(68)65-56(57(67)50-46-42-38-34-12-10-8-6-4-2)55-74-64-63(72)62(71)61(70)58(54-66)75-64/h4,6,11-13,15-16,30,33-34,41,45-46,50,56-58,61-64,66-67,70-72H,3,5,7-10,14,17-29,31-32,35-40,42-44,47-49,51-55H2,1-2H3,(H,65,68)/b6-4+,13-11-,16-15-,33-30-,34-12+,45-41-,50-46+. The average Bonchev–Trinajstić information content (AvgIpc) is 3.41. The summed E-state index contributed by atoms with van der Waals surface area (Å²) in [7, 11) is 0. The summed E-state index contributed by atoms with van der Waals surface area (Å²) >= 11 is 0. The third-order valence-corrected chi connectivity index (χ3v) is 13.8. The minimum atomic E-state index is -1.58. The van der Waals surface area contributed by atoms with Crippen molar-refractivity contribution in [3.05, 3.63) is 85.1 Å². The molecule has 0 saturated carbocycles. The molecule has 1 heterocycles. The molecule has 6 N–H and O–H groups in total. The van der Waals surface area contributed by atoms with Crippen LogP contribution < -0.4 is 5.32 Å². The molecule has 0 aromatic rings. The zero-order chi connectivity index (χ0) is 54.5. The van der Waals surface area contributed by atoms with E-state index in [4.69, 9.17) is 14.2 Å². The summed E-state index contributed by atoms with van der Waals surface area (Å²) in [6, 6.07) is -0.839. The van der Waals surface area contributed by atoms with E-state index in [0.29, 0.717) is 25.9 Å². The molecular formula is C64H111NO10. The molecule has 0 aromatic carbocycles. The lowest BCUT2D eigenvalue weighted by Crippen LogP contribution is -2.60. The van der Waals surface area contributed by atoms with Crippen molar-refractivity contribution in [2.45, 2.75) is 288 Å². The first-order chi connectivity index (χ1) is 36.7. The molecule has 1 amide bonds. The second-order valence-electron chi connectivity index (χ2n) is 20.7. The Morgan fingerprint density at radius 1 is 0.520 bits per heavy atom. The number of hydrogen-bond acceptors (Lipinski definition) is 10. The Morgan fingerprint density at radius 3 is 1.47 bits per heavy atom. The molecule has 7 atom stereocenters. The molecule has 1 saturated heterocycles. The number of allylic oxidation sites excluding steroid dienone is 12. The molecule has 0 aromatic heterocycles. The summed E-state index contributed by atoms with van der Waals surface area (Å²) in [4.78, 5) is 25.0. The monoisotopic (exact) mass is 1050 g/mol. The Morgan fingerprint density at radius 2 is 0.960 bits per heavy atom. The lowest BCUT2D eigenvalue weighted by Gasteiger charge is -2.40. The van der Waals surface area contributed by atoms with Gasteiger partial charge in [-0.25, -0.2) is 0 Å². The molecule has 1 rings (SSSR count). The number of ether oxygens (including phenoxy) is 3. The number of carbonyl (C=O) groups is 2. The number of carbonyl (C=O) groups excluding carboxylic acids is 2. The topological polar surface area (TPSA) is 175 Å². The average molecular weight is 1050 g/mol. The van der Waals surface area contributed by atoms with E-state index < -0.39 is 49.5 Å². The molecule has 0 radical (unpaired) electrons. The summed E-state index contributed by atoms with van der Waals surface area (Å²) in [6.45, 7) is 3.93. The van der Waals surface area contributed by atoms with Crippen LogP contribution in [0.5, 0.6) is 0 Å². The molecule has 0 bridgehead atoms. The van der Waals surface area contributed by atoms with Gasteiger partial charge in [-0.1, -0.05) is 214 Å². The molecule has 75 heavy (non-hydrogen) atoms. The van der Waals surface area contributed by atoms with Crippen molar-refractivity contribution >= 4 is 11.9 Å². The van der Waals surface area contributed by atoms with Crippen molar-refractivity contribution in [3.8, 4) is 0 Å². The van der Waals surface area contributed by atoms with Crippen molar-refractivity contribution in [1.82, 2.24) is 5.32 Å². The summed E-state index contributed by atoms with van der Waals surface area (Å²) in [5.74, 6) is -0.265. The second-order valence-corrected chi connectivity index (χ2v) is 20.7. The zero-order valence-corrected chi connectivity index (χ0v) is 47.5. The maximum Gasteiger partial charge on any atom is 0.305 e. The fourth-order valence-corrected chi connectivity index (χ4v) is 8.99. The Bertz CT molecular complexity index is 1520. The van der Waals surface area contributed by atoms with E-state index in [9.17, 15) is 35.1 Å². The first kappa shape index (κ1) is 69.9. The van der Waals surface area contributed by atoms with Gasteiger partial charge in [0.1, 0.15) is 24.4 Å². The predicted octanol–water partition coefficient (Wildman–Crippen LogP) is 14.2. The number of esters is 1. The van der Waals surface area contributed by atoms with Crippen LogP contribution in [0.3, 0.4) is 0 Å². The Balaban J connectivity index is 2.02. The van der Waals surface area contributed by atoms with E-state index >= 15 is 0 Å². The molecule has 1 fully saturated rings. The Kier molecular flexibility index (Phi) is 49.2. The van der Waals surface area contributed by atoms with Crippen molar-refractivity contribution in [2.24, 2.45) is 0 Å². The van der Waals surface area contributed by atoms with Crippen LogP contribution in [0.4, 0.5) is 0 Å². The van der Waals surface area contributed by atoms with Gasteiger partial charge in [0.25, 0.3) is 0 Å². The molecule has 1 aliphatic rings. The van der Waals surface area contributed by atoms with Crippen molar-refractivity contribution in [2.75, 3.05) is 19.8 Å². The minimum Gasteiger partial charge on any atom is -0.465 e. The highest BCUT2D eigenvalue weighted by Gasteiger charge is 2.44. The van der Waals surface area contributed by atoms with Crippen molar-refractivity contribution in [1.29, 1.82) is 0 Å². The molecule has 432 valence electrons. The molecule has 0 spiro atoms. The molecule has 7 unspecified atom stereocenters. The Labute approximate surface area is 457 Å². The van der Waals surface area contributed by atoms with E-state index in [-0.39, 0.29) is 18.5 Å². The highest BCUT2D eigenvalue weighted by molar-refractivity contribution is 5.76. The molecule has 11 heteroatoms. The molecule has 11 nitrogen and oxygen atoms in total. The van der Waals surface area contributed by atoms with Gasteiger partial charge in [-0.3, -0.25) is 9.59 Å². The van der Waals surface area contributed by atoms with Gasteiger partial charge >= 0.3 is 5.97 Å². The van der Waals surface area contributed by atoms with Gasteiger partial charge in [-0.05, 0) is 103 Å². The van der Waals surface area contributed by atoms with Gasteiger partial charge in [0.05, 0.1) is 32.0 Å².